The molecule has 3 nitrogen and oxygen atoms in total. The molecule has 0 aromatic heterocycles. The van der Waals surface area contributed by atoms with Gasteiger partial charge in [-0.2, -0.15) is 0 Å². The molecule has 1 heterocycles. The molecule has 1 saturated heterocycles. The molecular formula is C13H17FN2O. The number of carbonyl (C=O) groups excluding carboxylic acids is 1. The van der Waals surface area contributed by atoms with E-state index in [0.29, 0.717) is 11.5 Å². The van der Waals surface area contributed by atoms with E-state index < -0.39 is 0 Å². The number of amides is 1. The Morgan fingerprint density at radius 1 is 1.47 bits per heavy atom. The monoisotopic (exact) mass is 236 g/mol. The Hall–Kier alpha value is -1.42. The summed E-state index contributed by atoms with van der Waals surface area (Å²) in [4.78, 5) is 11.9. The lowest BCUT2D eigenvalue weighted by Crippen LogP contribution is -2.38. The first kappa shape index (κ1) is 12.0. The molecule has 2 unspecified atom stereocenters. The van der Waals surface area contributed by atoms with Crippen molar-refractivity contribution < 1.29 is 9.18 Å². The maximum atomic E-state index is 12.7. The Labute approximate surface area is 100 Å². The third kappa shape index (κ3) is 3.03. The normalized spacial score (nSPS) is 21.2. The molecule has 0 saturated carbocycles. The molecule has 0 aliphatic carbocycles. The average Bonchev–Trinajstić information content (AvgIpc) is 2.83. The van der Waals surface area contributed by atoms with E-state index >= 15 is 0 Å². The average molecular weight is 236 g/mol. The molecule has 0 radical (unpaired) electrons. The summed E-state index contributed by atoms with van der Waals surface area (Å²) in [5.41, 5.74) is 0.504. The summed E-state index contributed by atoms with van der Waals surface area (Å²) in [5, 5.41) is 6.23. The summed E-state index contributed by atoms with van der Waals surface area (Å²) in [6.45, 7) is 3.98. The molecule has 2 atom stereocenters. The Kier molecular flexibility index (Phi) is 3.74. The predicted octanol–water partition coefficient (Wildman–Crippen LogP) is 1.55. The standard InChI is InChI=1S/C13H17FN2O/c1-9(11-6-7-15-8-11)16-13(17)10-2-4-12(14)5-3-10/h2-5,9,11,15H,6-8H2,1H3,(H,16,17). The third-order valence-electron chi connectivity index (χ3n) is 3.27. The highest BCUT2D eigenvalue weighted by atomic mass is 19.1. The highest BCUT2D eigenvalue weighted by molar-refractivity contribution is 5.94. The van der Waals surface area contributed by atoms with Crippen LogP contribution in [0.4, 0.5) is 4.39 Å². The fraction of sp³-hybridized carbons (Fsp3) is 0.462. The van der Waals surface area contributed by atoms with Crippen molar-refractivity contribution in [1.82, 2.24) is 10.6 Å². The smallest absolute Gasteiger partial charge is 0.251 e. The first-order valence-corrected chi connectivity index (χ1v) is 5.94. The SMILES string of the molecule is CC(NC(=O)c1ccc(F)cc1)C1CCNC1. The molecule has 1 aliphatic rings. The highest BCUT2D eigenvalue weighted by Crippen LogP contribution is 2.13. The van der Waals surface area contributed by atoms with Crippen LogP contribution in [0.2, 0.25) is 0 Å². The van der Waals surface area contributed by atoms with Gasteiger partial charge in [0.25, 0.3) is 5.91 Å². The summed E-state index contributed by atoms with van der Waals surface area (Å²) in [7, 11) is 0. The molecule has 1 aromatic rings. The molecule has 92 valence electrons. The second-order valence-corrected chi connectivity index (χ2v) is 4.52. The van der Waals surface area contributed by atoms with Crippen LogP contribution in [0.3, 0.4) is 0 Å². The van der Waals surface area contributed by atoms with E-state index in [1.165, 1.54) is 24.3 Å². The van der Waals surface area contributed by atoms with Crippen molar-refractivity contribution in [3.63, 3.8) is 0 Å². The second-order valence-electron chi connectivity index (χ2n) is 4.52. The van der Waals surface area contributed by atoms with E-state index in [1.54, 1.807) is 0 Å². The van der Waals surface area contributed by atoms with Crippen LogP contribution in [0.15, 0.2) is 24.3 Å². The quantitative estimate of drug-likeness (QED) is 0.836. The minimum Gasteiger partial charge on any atom is -0.349 e. The van der Waals surface area contributed by atoms with Gasteiger partial charge in [0, 0.05) is 11.6 Å². The van der Waals surface area contributed by atoms with Crippen LogP contribution in [0.1, 0.15) is 23.7 Å². The number of halogens is 1. The van der Waals surface area contributed by atoms with Gasteiger partial charge in [0.1, 0.15) is 5.82 Å². The van der Waals surface area contributed by atoms with Gasteiger partial charge in [0.05, 0.1) is 0 Å². The van der Waals surface area contributed by atoms with Gasteiger partial charge in [-0.1, -0.05) is 0 Å². The van der Waals surface area contributed by atoms with E-state index in [4.69, 9.17) is 0 Å². The van der Waals surface area contributed by atoms with Crippen LogP contribution >= 0.6 is 0 Å². The van der Waals surface area contributed by atoms with Crippen LogP contribution < -0.4 is 10.6 Å². The first-order valence-electron chi connectivity index (χ1n) is 5.94. The van der Waals surface area contributed by atoms with Crippen LogP contribution in [0, 0.1) is 11.7 Å². The molecule has 1 amide bonds. The number of hydrogen-bond donors (Lipinski definition) is 2. The topological polar surface area (TPSA) is 41.1 Å². The molecule has 2 N–H and O–H groups in total. The van der Waals surface area contributed by atoms with Gasteiger partial charge < -0.3 is 10.6 Å². The molecule has 0 bridgehead atoms. The largest absolute Gasteiger partial charge is 0.349 e. The lowest BCUT2D eigenvalue weighted by atomic mass is 10.0. The molecule has 0 spiro atoms. The fourth-order valence-electron chi connectivity index (χ4n) is 2.11. The van der Waals surface area contributed by atoms with Gasteiger partial charge in [-0.05, 0) is 56.6 Å². The van der Waals surface area contributed by atoms with E-state index in [9.17, 15) is 9.18 Å². The summed E-state index contributed by atoms with van der Waals surface area (Å²) in [6, 6.07) is 5.75. The minimum atomic E-state index is -0.324. The van der Waals surface area contributed by atoms with Gasteiger partial charge in [0.15, 0.2) is 0 Å². The number of hydrogen-bond acceptors (Lipinski definition) is 2. The Morgan fingerprint density at radius 3 is 2.76 bits per heavy atom. The van der Waals surface area contributed by atoms with E-state index in [-0.39, 0.29) is 17.8 Å². The maximum Gasteiger partial charge on any atom is 0.251 e. The summed E-state index contributed by atoms with van der Waals surface area (Å²) in [5.74, 6) is 0.0263. The zero-order valence-electron chi connectivity index (χ0n) is 9.87. The zero-order chi connectivity index (χ0) is 12.3. The molecule has 1 fully saturated rings. The summed E-state index contributed by atoms with van der Waals surface area (Å²) >= 11 is 0. The Bertz CT molecular complexity index is 385. The molecule has 1 aliphatic heterocycles. The Morgan fingerprint density at radius 2 is 2.18 bits per heavy atom. The van der Waals surface area contributed by atoms with Crippen molar-refractivity contribution in [1.29, 1.82) is 0 Å². The van der Waals surface area contributed by atoms with Gasteiger partial charge >= 0.3 is 0 Å². The lowest BCUT2D eigenvalue weighted by molar-refractivity contribution is 0.0929. The molecule has 1 aromatic carbocycles. The van der Waals surface area contributed by atoms with Gasteiger partial charge in [0.2, 0.25) is 0 Å². The van der Waals surface area contributed by atoms with Crippen molar-refractivity contribution in [3.8, 4) is 0 Å². The highest BCUT2D eigenvalue weighted by Gasteiger charge is 2.22. The number of benzene rings is 1. The summed E-state index contributed by atoms with van der Waals surface area (Å²) in [6.07, 6.45) is 1.09. The van der Waals surface area contributed by atoms with E-state index in [2.05, 4.69) is 10.6 Å². The number of carbonyl (C=O) groups is 1. The van der Waals surface area contributed by atoms with Gasteiger partial charge in [-0.15, -0.1) is 0 Å². The van der Waals surface area contributed by atoms with Crippen LogP contribution in [-0.2, 0) is 0 Å². The van der Waals surface area contributed by atoms with Gasteiger partial charge in [-0.3, -0.25) is 4.79 Å². The Balaban J connectivity index is 1.94. The summed E-state index contributed by atoms with van der Waals surface area (Å²) < 4.78 is 12.7. The fourth-order valence-corrected chi connectivity index (χ4v) is 2.11. The minimum absolute atomic E-state index is 0.135. The zero-order valence-corrected chi connectivity index (χ0v) is 9.87. The van der Waals surface area contributed by atoms with Gasteiger partial charge in [-0.25, -0.2) is 4.39 Å². The first-order chi connectivity index (χ1) is 8.16. The van der Waals surface area contributed by atoms with E-state index in [0.717, 1.165) is 19.5 Å². The van der Waals surface area contributed by atoms with Crippen LogP contribution in [0.25, 0.3) is 0 Å². The van der Waals surface area contributed by atoms with Crippen molar-refractivity contribution >= 4 is 5.91 Å². The van der Waals surface area contributed by atoms with E-state index in [1.807, 2.05) is 6.92 Å². The molecular weight excluding hydrogens is 219 g/mol. The molecule has 2 rings (SSSR count). The van der Waals surface area contributed by atoms with Crippen molar-refractivity contribution in [2.24, 2.45) is 5.92 Å². The van der Waals surface area contributed by atoms with Crippen LogP contribution in [-0.4, -0.2) is 25.0 Å². The van der Waals surface area contributed by atoms with Crippen molar-refractivity contribution in [3.05, 3.63) is 35.6 Å². The number of nitrogens with one attached hydrogen (secondary N) is 2. The molecule has 4 heteroatoms. The molecule has 17 heavy (non-hydrogen) atoms. The second kappa shape index (κ2) is 5.27. The lowest BCUT2D eigenvalue weighted by Gasteiger charge is -2.19. The third-order valence-corrected chi connectivity index (χ3v) is 3.27. The predicted molar refractivity (Wildman–Crippen MR) is 64.3 cm³/mol. The van der Waals surface area contributed by atoms with Crippen LogP contribution in [0.5, 0.6) is 0 Å². The maximum absolute atomic E-state index is 12.7. The van der Waals surface area contributed by atoms with Crippen molar-refractivity contribution in [2.75, 3.05) is 13.1 Å². The number of rotatable bonds is 3. The van der Waals surface area contributed by atoms with Crippen molar-refractivity contribution in [2.45, 2.75) is 19.4 Å².